The number of ether oxygens (including phenoxy) is 2. The van der Waals surface area contributed by atoms with Crippen LogP contribution in [0.4, 0.5) is 5.82 Å². The van der Waals surface area contributed by atoms with Crippen LogP contribution in [0.1, 0.15) is 63.4 Å². The zero-order chi connectivity index (χ0) is 24.0. The number of rotatable bonds is 8. The van der Waals surface area contributed by atoms with Crippen LogP contribution in [0.5, 0.6) is 5.75 Å². The molecule has 0 aliphatic carbocycles. The molecule has 3 rings (SSSR count). The number of hydrogen-bond acceptors (Lipinski definition) is 6. The maximum absolute atomic E-state index is 12.6. The lowest BCUT2D eigenvalue weighted by molar-refractivity contribution is -0.139. The largest absolute Gasteiger partial charge is 0.484 e. The molecule has 2 heterocycles. The van der Waals surface area contributed by atoms with E-state index in [0.717, 1.165) is 19.3 Å². The first-order valence-electron chi connectivity index (χ1n) is 11.3. The molecule has 1 aromatic heterocycles. The van der Waals surface area contributed by atoms with Gasteiger partial charge < -0.3 is 19.7 Å². The number of carbonyl (C=O) groups is 3. The number of piperidine rings is 1. The zero-order valence-corrected chi connectivity index (χ0v) is 19.6. The Morgan fingerprint density at radius 3 is 2.36 bits per heavy atom. The number of nitrogens with zero attached hydrogens (tertiary/aromatic N) is 3. The fourth-order valence-corrected chi connectivity index (χ4v) is 4.04. The summed E-state index contributed by atoms with van der Waals surface area (Å²) in [6, 6.07) is 8.48. The number of nitrogens with one attached hydrogen (secondary N) is 1. The van der Waals surface area contributed by atoms with Crippen molar-refractivity contribution in [2.24, 2.45) is 0 Å². The number of likely N-dealkylation sites (tertiary alicyclic amines) is 1. The molecule has 0 spiro atoms. The van der Waals surface area contributed by atoms with Crippen LogP contribution < -0.4 is 10.1 Å². The maximum Gasteiger partial charge on any atom is 0.338 e. The molecule has 1 aromatic carbocycles. The summed E-state index contributed by atoms with van der Waals surface area (Å²) in [7, 11) is 0. The third-order valence-corrected chi connectivity index (χ3v) is 5.70. The second kappa shape index (κ2) is 11.0. The zero-order valence-electron chi connectivity index (χ0n) is 19.6. The van der Waals surface area contributed by atoms with Crippen molar-refractivity contribution in [2.75, 3.05) is 18.5 Å². The predicted molar refractivity (Wildman–Crippen MR) is 123 cm³/mol. The van der Waals surface area contributed by atoms with Gasteiger partial charge in [-0.15, -0.1) is 0 Å². The van der Waals surface area contributed by atoms with E-state index in [0.29, 0.717) is 11.6 Å². The normalized spacial score (nSPS) is 18.2. The molecule has 0 unspecified atom stereocenters. The Balaban J connectivity index is 1.46. The molecule has 2 atom stereocenters. The van der Waals surface area contributed by atoms with Gasteiger partial charge in [0, 0.05) is 24.2 Å². The standard InChI is InChI=1S/C24H32N4O5/c1-16(2)28-21(12-13-25-28)26-22(29)14-33-24(31)19-8-10-20(11-9-19)32-15-23(30)27-17(3)6-5-7-18(27)4/h8-13,16-18H,5-7,14-15H2,1-4H3,(H,26,29)/t17-,18-/m1/s1. The number of esters is 1. The lowest BCUT2D eigenvalue weighted by Gasteiger charge is -2.38. The Hall–Kier alpha value is -3.36. The van der Waals surface area contributed by atoms with E-state index in [2.05, 4.69) is 24.3 Å². The molecule has 2 amide bonds. The molecular weight excluding hydrogens is 424 g/mol. The van der Waals surface area contributed by atoms with E-state index in [1.807, 2.05) is 18.7 Å². The summed E-state index contributed by atoms with van der Waals surface area (Å²) in [6.07, 6.45) is 4.74. The van der Waals surface area contributed by atoms with E-state index < -0.39 is 18.5 Å². The van der Waals surface area contributed by atoms with Gasteiger partial charge in [-0.3, -0.25) is 9.59 Å². The lowest BCUT2D eigenvalue weighted by atomic mass is 9.97. The van der Waals surface area contributed by atoms with Gasteiger partial charge in [0.1, 0.15) is 11.6 Å². The Bertz CT molecular complexity index is 959. The highest BCUT2D eigenvalue weighted by Gasteiger charge is 2.29. The molecule has 1 aliphatic rings. The highest BCUT2D eigenvalue weighted by atomic mass is 16.5. The Morgan fingerprint density at radius 2 is 1.73 bits per heavy atom. The first-order chi connectivity index (χ1) is 15.8. The second-order valence-corrected chi connectivity index (χ2v) is 8.62. The quantitative estimate of drug-likeness (QED) is 0.611. The van der Waals surface area contributed by atoms with Gasteiger partial charge in [-0.25, -0.2) is 9.48 Å². The number of aromatic nitrogens is 2. The monoisotopic (exact) mass is 456 g/mol. The number of benzene rings is 1. The topological polar surface area (TPSA) is 103 Å². The summed E-state index contributed by atoms with van der Waals surface area (Å²) < 4.78 is 12.4. The average Bonchev–Trinajstić information content (AvgIpc) is 3.24. The van der Waals surface area contributed by atoms with E-state index in [9.17, 15) is 14.4 Å². The average molecular weight is 457 g/mol. The first-order valence-corrected chi connectivity index (χ1v) is 11.3. The number of amides is 2. The summed E-state index contributed by atoms with van der Waals surface area (Å²) in [5.41, 5.74) is 0.284. The molecule has 33 heavy (non-hydrogen) atoms. The second-order valence-electron chi connectivity index (χ2n) is 8.62. The van der Waals surface area contributed by atoms with Crippen LogP contribution >= 0.6 is 0 Å². The molecule has 0 bridgehead atoms. The van der Waals surface area contributed by atoms with Crippen molar-refractivity contribution < 1.29 is 23.9 Å². The van der Waals surface area contributed by atoms with Crippen molar-refractivity contribution >= 4 is 23.6 Å². The van der Waals surface area contributed by atoms with Gasteiger partial charge in [-0.1, -0.05) is 0 Å². The van der Waals surface area contributed by atoms with Crippen LogP contribution in [0.25, 0.3) is 0 Å². The minimum absolute atomic E-state index is 0.0389. The molecule has 1 fully saturated rings. The Kier molecular flexibility index (Phi) is 8.08. The number of hydrogen-bond donors (Lipinski definition) is 1. The molecular formula is C24H32N4O5. The van der Waals surface area contributed by atoms with E-state index in [1.54, 1.807) is 41.2 Å². The van der Waals surface area contributed by atoms with Gasteiger partial charge in [-0.05, 0) is 71.2 Å². The van der Waals surface area contributed by atoms with Crippen molar-refractivity contribution in [1.29, 1.82) is 0 Å². The minimum Gasteiger partial charge on any atom is -0.484 e. The van der Waals surface area contributed by atoms with E-state index in [-0.39, 0.29) is 36.2 Å². The highest BCUT2D eigenvalue weighted by molar-refractivity contribution is 5.95. The number of carbonyl (C=O) groups excluding carboxylic acids is 3. The van der Waals surface area contributed by atoms with Crippen molar-refractivity contribution in [3.63, 3.8) is 0 Å². The summed E-state index contributed by atoms with van der Waals surface area (Å²) in [6.45, 7) is 7.55. The van der Waals surface area contributed by atoms with Gasteiger partial charge in [0.05, 0.1) is 11.8 Å². The number of anilines is 1. The Morgan fingerprint density at radius 1 is 1.06 bits per heavy atom. The molecule has 1 saturated heterocycles. The van der Waals surface area contributed by atoms with Crippen molar-refractivity contribution in [1.82, 2.24) is 14.7 Å². The summed E-state index contributed by atoms with van der Waals surface area (Å²) in [4.78, 5) is 38.8. The molecule has 1 N–H and O–H groups in total. The molecule has 178 valence electrons. The Labute approximate surface area is 194 Å². The highest BCUT2D eigenvalue weighted by Crippen LogP contribution is 2.23. The SMILES string of the molecule is CC(C)n1nccc1NC(=O)COC(=O)c1ccc(OCC(=O)N2[C@H](C)CCC[C@H]2C)cc1. The van der Waals surface area contributed by atoms with Crippen molar-refractivity contribution in [3.8, 4) is 5.75 Å². The van der Waals surface area contributed by atoms with E-state index in [4.69, 9.17) is 9.47 Å². The van der Waals surface area contributed by atoms with Gasteiger partial charge in [-0.2, -0.15) is 5.10 Å². The van der Waals surface area contributed by atoms with Crippen LogP contribution in [-0.2, 0) is 14.3 Å². The van der Waals surface area contributed by atoms with Gasteiger partial charge in [0.2, 0.25) is 0 Å². The van der Waals surface area contributed by atoms with Crippen LogP contribution in [0.2, 0.25) is 0 Å². The van der Waals surface area contributed by atoms with Gasteiger partial charge in [0.15, 0.2) is 13.2 Å². The molecule has 0 saturated carbocycles. The molecule has 9 nitrogen and oxygen atoms in total. The van der Waals surface area contributed by atoms with Crippen LogP contribution in [0.3, 0.4) is 0 Å². The van der Waals surface area contributed by atoms with E-state index in [1.165, 1.54) is 0 Å². The third-order valence-electron chi connectivity index (χ3n) is 5.70. The molecule has 0 radical (unpaired) electrons. The molecule has 9 heteroatoms. The van der Waals surface area contributed by atoms with Crippen molar-refractivity contribution in [2.45, 2.75) is 65.1 Å². The fourth-order valence-electron chi connectivity index (χ4n) is 4.04. The van der Waals surface area contributed by atoms with Gasteiger partial charge >= 0.3 is 5.97 Å². The summed E-state index contributed by atoms with van der Waals surface area (Å²) in [5, 5.41) is 6.81. The third kappa shape index (κ3) is 6.34. The van der Waals surface area contributed by atoms with Crippen molar-refractivity contribution in [3.05, 3.63) is 42.1 Å². The predicted octanol–water partition coefficient (Wildman–Crippen LogP) is 3.43. The summed E-state index contributed by atoms with van der Waals surface area (Å²) >= 11 is 0. The van der Waals surface area contributed by atoms with Crippen LogP contribution in [0, 0.1) is 0 Å². The fraction of sp³-hybridized carbons (Fsp3) is 0.500. The van der Waals surface area contributed by atoms with E-state index >= 15 is 0 Å². The smallest absolute Gasteiger partial charge is 0.338 e. The minimum atomic E-state index is -0.624. The first kappa shape index (κ1) is 24.3. The molecule has 1 aliphatic heterocycles. The molecule has 2 aromatic rings. The van der Waals surface area contributed by atoms with Gasteiger partial charge in [0.25, 0.3) is 11.8 Å². The maximum atomic E-state index is 12.6. The lowest BCUT2D eigenvalue weighted by Crippen LogP contribution is -2.49. The van der Waals surface area contributed by atoms with Crippen LogP contribution in [-0.4, -0.2) is 57.8 Å². The summed E-state index contributed by atoms with van der Waals surface area (Å²) in [5.74, 6) is -0.0955. The van der Waals surface area contributed by atoms with Crippen LogP contribution in [0.15, 0.2) is 36.5 Å².